The molecule has 9 heavy (non-hydrogen) atoms. The Bertz CT molecular complexity index is 181. The summed E-state index contributed by atoms with van der Waals surface area (Å²) in [6.07, 6.45) is 7.72. The summed E-state index contributed by atoms with van der Waals surface area (Å²) >= 11 is 3.79. The Morgan fingerprint density at radius 2 is 2.00 bits per heavy atom. The van der Waals surface area contributed by atoms with Gasteiger partial charge in [-0.15, -0.1) is 0 Å². The van der Waals surface area contributed by atoms with Crippen molar-refractivity contribution in [2.24, 2.45) is 0 Å². The third-order valence-electron chi connectivity index (χ3n) is 1.02. The Morgan fingerprint density at radius 3 is 2.78 bits per heavy atom. The summed E-state index contributed by atoms with van der Waals surface area (Å²) in [5.41, 5.74) is 0. The zero-order valence-corrected chi connectivity index (χ0v) is 9.53. The van der Waals surface area contributed by atoms with Crippen LogP contribution in [0.15, 0.2) is 31.4 Å². The van der Waals surface area contributed by atoms with Crippen molar-refractivity contribution in [3.05, 3.63) is 31.4 Å². The van der Waals surface area contributed by atoms with Gasteiger partial charge in [-0.2, -0.15) is 0 Å². The molecule has 1 atom stereocenters. The first-order chi connectivity index (χ1) is 4.30. The molecule has 0 spiro atoms. The van der Waals surface area contributed by atoms with Crippen molar-refractivity contribution in [1.82, 2.24) is 0 Å². The van der Waals surface area contributed by atoms with Crippen LogP contribution in [0.2, 0.25) is 0 Å². The molecule has 0 saturated heterocycles. The summed E-state index contributed by atoms with van der Waals surface area (Å²) < 4.78 is 2.93. The quantitative estimate of drug-likeness (QED) is 0.591. The van der Waals surface area contributed by atoms with Gasteiger partial charge in [0.1, 0.15) is 0 Å². The van der Waals surface area contributed by atoms with E-state index in [9.17, 15) is 0 Å². The van der Waals surface area contributed by atoms with Crippen LogP contribution < -0.4 is 0 Å². The average Bonchev–Trinajstić information content (AvgIpc) is 1.99. The molecule has 0 aliphatic carbocycles. The molecule has 0 amide bonds. The van der Waals surface area contributed by atoms with Crippen molar-refractivity contribution in [2.45, 2.75) is 0 Å². The Hall–Kier alpha value is 0.599. The van der Waals surface area contributed by atoms with Gasteiger partial charge in [-0.1, -0.05) is 0 Å². The first kappa shape index (κ1) is 7.70. The monoisotopic (exact) mass is 268 g/mol. The molecule has 1 rings (SSSR count). The normalized spacial score (nSPS) is 25.6. The average molecular weight is 268 g/mol. The number of halogens is 2. The first-order valence-corrected chi connectivity index (χ1v) is 10.8. The van der Waals surface area contributed by atoms with Crippen LogP contribution in [-0.2, 0) is 0 Å². The van der Waals surface area contributed by atoms with Crippen LogP contribution in [0, 0.1) is 0 Å². The Kier molecular flexibility index (Phi) is 3.16. The molecule has 0 aromatic rings. The van der Waals surface area contributed by atoms with Crippen molar-refractivity contribution >= 4 is 39.2 Å². The van der Waals surface area contributed by atoms with Gasteiger partial charge in [0.15, 0.2) is 0 Å². The minimum absolute atomic E-state index is 0.878. The van der Waals surface area contributed by atoms with Gasteiger partial charge in [0.2, 0.25) is 0 Å². The van der Waals surface area contributed by atoms with Crippen molar-refractivity contribution in [3.63, 3.8) is 0 Å². The van der Waals surface area contributed by atoms with Gasteiger partial charge in [-0.05, 0) is 0 Å². The van der Waals surface area contributed by atoms with E-state index in [0.717, 1.165) is 3.05 Å². The molecule has 0 N–H and O–H groups in total. The summed E-state index contributed by atoms with van der Waals surface area (Å²) in [7, 11) is 5.95. The second kappa shape index (κ2) is 3.69. The standard InChI is InChI=1S/C6H5Cl.ClH.Sn.H/c1-2-3-4-5-6-7;;;/h1-5H;1H;;/q;;+1;/p-1. The molecular weight excluding hydrogens is 262 g/mol. The van der Waals surface area contributed by atoms with E-state index in [1.165, 1.54) is 0 Å². The molecular formula is C6H6Cl2Sn. The molecule has 3 heteroatoms. The zero-order chi connectivity index (χ0) is 6.69. The number of allylic oxidation sites excluding steroid dienone is 4. The predicted octanol–water partition coefficient (Wildman–Crippen LogP) is 2.28. The molecule has 0 bridgehead atoms. The first-order valence-electron chi connectivity index (χ1n) is 2.65. The van der Waals surface area contributed by atoms with Crippen molar-refractivity contribution < 1.29 is 0 Å². The van der Waals surface area contributed by atoms with Gasteiger partial charge >= 0.3 is 70.6 Å². The third-order valence-corrected chi connectivity index (χ3v) is 9.68. The summed E-state index contributed by atoms with van der Waals surface area (Å²) in [5, 5.41) is 0. The molecule has 0 saturated carbocycles. The van der Waals surface area contributed by atoms with Crippen molar-refractivity contribution in [3.8, 4) is 0 Å². The molecule has 0 aromatic heterocycles. The van der Waals surface area contributed by atoms with Crippen molar-refractivity contribution in [2.75, 3.05) is 0 Å². The van der Waals surface area contributed by atoms with Crippen LogP contribution in [0.3, 0.4) is 0 Å². The fraction of sp³-hybridized carbons (Fsp3) is 0. The molecule has 1 aliphatic rings. The van der Waals surface area contributed by atoms with Crippen LogP contribution in [-0.4, -0.2) is 18.6 Å². The fourth-order valence-electron chi connectivity index (χ4n) is 0.557. The van der Waals surface area contributed by atoms with Crippen LogP contribution in [0.25, 0.3) is 0 Å². The Balaban J connectivity index is 2.80. The van der Waals surface area contributed by atoms with E-state index in [1.54, 1.807) is 0 Å². The van der Waals surface area contributed by atoms with Gasteiger partial charge in [0, 0.05) is 0 Å². The van der Waals surface area contributed by atoms with Crippen molar-refractivity contribution in [1.29, 1.82) is 0 Å². The van der Waals surface area contributed by atoms with Crippen LogP contribution in [0.1, 0.15) is 0 Å². The topological polar surface area (TPSA) is 0 Å². The van der Waals surface area contributed by atoms with E-state index < -0.39 is 18.6 Å². The van der Waals surface area contributed by atoms with E-state index in [1.807, 2.05) is 28.4 Å². The van der Waals surface area contributed by atoms with Gasteiger partial charge in [0.05, 0.1) is 0 Å². The van der Waals surface area contributed by atoms with Gasteiger partial charge in [0.25, 0.3) is 0 Å². The molecule has 48 valence electrons. The molecule has 1 unspecified atom stereocenters. The summed E-state index contributed by atoms with van der Waals surface area (Å²) in [5.74, 6) is 0. The summed E-state index contributed by atoms with van der Waals surface area (Å²) in [6, 6.07) is 0. The number of hydrogen-bond acceptors (Lipinski definition) is 0. The van der Waals surface area contributed by atoms with E-state index in [2.05, 4.69) is 0 Å². The van der Waals surface area contributed by atoms with E-state index in [0.29, 0.717) is 0 Å². The van der Waals surface area contributed by atoms with Crippen LogP contribution in [0.4, 0.5) is 0 Å². The fourth-order valence-corrected chi connectivity index (χ4v) is 4.46. The van der Waals surface area contributed by atoms with Crippen LogP contribution >= 0.6 is 20.5 Å². The summed E-state index contributed by atoms with van der Waals surface area (Å²) in [4.78, 5) is 0. The Morgan fingerprint density at radius 1 is 1.22 bits per heavy atom. The summed E-state index contributed by atoms with van der Waals surface area (Å²) in [6.45, 7) is 0. The molecule has 0 aromatic carbocycles. The number of hydrogen-bond donors (Lipinski definition) is 0. The molecule has 0 fully saturated rings. The minimum atomic E-state index is -2.01. The maximum absolute atomic E-state index is 5.95. The molecule has 0 nitrogen and oxygen atoms in total. The molecule has 0 radical (unpaired) electrons. The van der Waals surface area contributed by atoms with Gasteiger partial charge in [-0.25, -0.2) is 0 Å². The second-order valence-electron chi connectivity index (χ2n) is 1.72. The van der Waals surface area contributed by atoms with Crippen LogP contribution in [0.5, 0.6) is 0 Å². The van der Waals surface area contributed by atoms with E-state index >= 15 is 0 Å². The zero-order valence-electron chi connectivity index (χ0n) is 4.72. The molecule has 1 aliphatic heterocycles. The Labute approximate surface area is 70.3 Å². The maximum atomic E-state index is 5.95. The van der Waals surface area contributed by atoms with Gasteiger partial charge in [-0.3, -0.25) is 0 Å². The third kappa shape index (κ3) is 2.36. The second-order valence-corrected chi connectivity index (χ2v) is 11.5. The SMILES string of the molecule is Cl[C]1=CC=CC=[CH][SnH]1[Cl]. The van der Waals surface area contributed by atoms with E-state index in [4.69, 9.17) is 20.5 Å². The van der Waals surface area contributed by atoms with Gasteiger partial charge < -0.3 is 0 Å². The predicted molar refractivity (Wildman–Crippen MR) is 45.2 cm³/mol. The van der Waals surface area contributed by atoms with E-state index in [-0.39, 0.29) is 0 Å². The molecule has 1 heterocycles. The number of rotatable bonds is 0.